The zero-order valence-electron chi connectivity index (χ0n) is 11.1. The number of carbonyl (C=O) groups excluding carboxylic acids is 2. The summed E-state index contributed by atoms with van der Waals surface area (Å²) in [7, 11) is 0. The largest absolute Gasteiger partial charge is 0.330 e. The van der Waals surface area contributed by atoms with Crippen molar-refractivity contribution in [1.29, 1.82) is 0 Å². The van der Waals surface area contributed by atoms with Gasteiger partial charge in [-0.1, -0.05) is 24.3 Å². The van der Waals surface area contributed by atoms with Crippen LogP contribution in [0, 0.1) is 0 Å². The Labute approximate surface area is 117 Å². The van der Waals surface area contributed by atoms with E-state index in [1.807, 2.05) is 24.3 Å². The van der Waals surface area contributed by atoms with Gasteiger partial charge in [-0.3, -0.25) is 14.5 Å². The van der Waals surface area contributed by atoms with Gasteiger partial charge in [-0.15, -0.1) is 0 Å². The fourth-order valence-electron chi connectivity index (χ4n) is 2.70. The van der Waals surface area contributed by atoms with Gasteiger partial charge in [0.15, 0.2) is 0 Å². The molecule has 0 unspecified atom stereocenters. The van der Waals surface area contributed by atoms with Gasteiger partial charge in [0.2, 0.25) is 0 Å². The molecule has 4 heteroatoms. The quantitative estimate of drug-likeness (QED) is 0.682. The van der Waals surface area contributed by atoms with E-state index >= 15 is 0 Å². The van der Waals surface area contributed by atoms with Crippen LogP contribution < -0.4 is 5.73 Å². The van der Waals surface area contributed by atoms with E-state index in [1.54, 1.807) is 12.1 Å². The molecule has 1 heterocycles. The van der Waals surface area contributed by atoms with E-state index in [4.69, 9.17) is 5.73 Å². The monoisotopic (exact) mass is 268 g/mol. The molecule has 0 spiro atoms. The molecule has 0 saturated carbocycles. The lowest BCUT2D eigenvalue weighted by atomic mass is 9.94. The molecule has 2 amide bonds. The molecule has 3 rings (SSSR count). The molecule has 4 nitrogen and oxygen atoms in total. The third kappa shape index (κ3) is 1.89. The Morgan fingerprint density at radius 2 is 1.50 bits per heavy atom. The topological polar surface area (TPSA) is 63.4 Å². The first-order valence-electron chi connectivity index (χ1n) is 6.82. The van der Waals surface area contributed by atoms with Gasteiger partial charge in [0.05, 0.1) is 0 Å². The zero-order chi connectivity index (χ0) is 14.1. The minimum Gasteiger partial charge on any atom is -0.330 e. The number of hydrogen-bond donors (Lipinski definition) is 1. The first-order valence-corrected chi connectivity index (χ1v) is 6.82. The average molecular weight is 268 g/mol. The Morgan fingerprint density at radius 3 is 2.05 bits per heavy atom. The predicted molar refractivity (Wildman–Crippen MR) is 77.6 cm³/mol. The van der Waals surface area contributed by atoms with E-state index in [-0.39, 0.29) is 11.8 Å². The third-order valence-corrected chi connectivity index (χ3v) is 3.69. The number of nitrogens with two attached hydrogens (primary N) is 1. The fraction of sp³-hybridized carbons (Fsp3) is 0.250. The van der Waals surface area contributed by atoms with Gasteiger partial charge in [-0.05, 0) is 36.9 Å². The maximum absolute atomic E-state index is 12.5. The van der Waals surface area contributed by atoms with E-state index in [0.29, 0.717) is 24.2 Å². The maximum atomic E-state index is 12.5. The van der Waals surface area contributed by atoms with Crippen LogP contribution in [0.4, 0.5) is 0 Å². The second-order valence-electron chi connectivity index (χ2n) is 4.97. The van der Waals surface area contributed by atoms with Gasteiger partial charge < -0.3 is 5.73 Å². The van der Waals surface area contributed by atoms with Crippen molar-refractivity contribution in [2.45, 2.75) is 12.8 Å². The van der Waals surface area contributed by atoms with Crippen molar-refractivity contribution in [3.63, 3.8) is 0 Å². The predicted octanol–water partition coefficient (Wildman–Crippen LogP) is 2.17. The second kappa shape index (κ2) is 5.06. The fourth-order valence-corrected chi connectivity index (χ4v) is 2.70. The molecule has 0 aromatic heterocycles. The van der Waals surface area contributed by atoms with Crippen molar-refractivity contribution in [1.82, 2.24) is 4.90 Å². The number of nitrogens with zero attached hydrogens (tertiary/aromatic N) is 1. The summed E-state index contributed by atoms with van der Waals surface area (Å²) in [5.41, 5.74) is 6.70. The molecule has 102 valence electrons. The van der Waals surface area contributed by atoms with Crippen molar-refractivity contribution in [2.24, 2.45) is 5.73 Å². The Kier molecular flexibility index (Phi) is 3.24. The van der Waals surface area contributed by atoms with E-state index in [1.165, 1.54) is 4.90 Å². The van der Waals surface area contributed by atoms with Gasteiger partial charge in [-0.25, -0.2) is 0 Å². The molecule has 2 aromatic rings. The Morgan fingerprint density at radius 1 is 0.900 bits per heavy atom. The van der Waals surface area contributed by atoms with E-state index in [0.717, 1.165) is 23.6 Å². The number of rotatable bonds is 4. The highest BCUT2D eigenvalue weighted by Crippen LogP contribution is 2.29. The van der Waals surface area contributed by atoms with Gasteiger partial charge in [0.25, 0.3) is 11.8 Å². The summed E-state index contributed by atoms with van der Waals surface area (Å²) in [6.07, 6.45) is 1.55. The van der Waals surface area contributed by atoms with Crippen LogP contribution in [0.2, 0.25) is 0 Å². The standard InChI is InChI=1S/C16H16N2O2/c17-9-1-2-10-18-15(19)12-7-3-5-11-6-4-8-13(14(11)12)16(18)20/h3-8H,1-2,9-10,17H2. The molecule has 20 heavy (non-hydrogen) atoms. The molecule has 2 aromatic carbocycles. The Hall–Kier alpha value is -2.20. The third-order valence-electron chi connectivity index (χ3n) is 3.69. The van der Waals surface area contributed by atoms with Gasteiger partial charge in [-0.2, -0.15) is 0 Å². The minimum atomic E-state index is -0.198. The highest BCUT2D eigenvalue weighted by Gasteiger charge is 2.31. The lowest BCUT2D eigenvalue weighted by molar-refractivity contribution is 0.0608. The molecule has 0 atom stereocenters. The minimum absolute atomic E-state index is 0.198. The Bertz CT molecular complexity index is 643. The van der Waals surface area contributed by atoms with Crippen molar-refractivity contribution in [3.05, 3.63) is 47.5 Å². The molecular weight excluding hydrogens is 252 g/mol. The van der Waals surface area contributed by atoms with Crippen LogP contribution >= 0.6 is 0 Å². The molecule has 1 aliphatic heterocycles. The van der Waals surface area contributed by atoms with E-state index in [2.05, 4.69) is 0 Å². The van der Waals surface area contributed by atoms with Gasteiger partial charge in [0.1, 0.15) is 0 Å². The SMILES string of the molecule is NCCCCN1C(=O)c2cccc3cccc(c23)C1=O. The summed E-state index contributed by atoms with van der Waals surface area (Å²) < 4.78 is 0. The summed E-state index contributed by atoms with van der Waals surface area (Å²) in [6, 6.07) is 11.1. The smallest absolute Gasteiger partial charge is 0.261 e. The van der Waals surface area contributed by atoms with Crippen molar-refractivity contribution >= 4 is 22.6 Å². The lowest BCUT2D eigenvalue weighted by Crippen LogP contribution is -2.41. The summed E-state index contributed by atoms with van der Waals surface area (Å²) in [5, 5.41) is 1.71. The van der Waals surface area contributed by atoms with Crippen molar-refractivity contribution < 1.29 is 9.59 Å². The van der Waals surface area contributed by atoms with Crippen LogP contribution in [-0.2, 0) is 0 Å². The Balaban J connectivity index is 2.07. The lowest BCUT2D eigenvalue weighted by Gasteiger charge is -2.27. The molecule has 0 bridgehead atoms. The molecule has 2 N–H and O–H groups in total. The normalized spacial score (nSPS) is 14.2. The first-order chi connectivity index (χ1) is 9.74. The zero-order valence-corrected chi connectivity index (χ0v) is 11.1. The average Bonchev–Trinajstić information content (AvgIpc) is 2.48. The van der Waals surface area contributed by atoms with Crippen molar-refractivity contribution in [2.75, 3.05) is 13.1 Å². The van der Waals surface area contributed by atoms with E-state index < -0.39 is 0 Å². The van der Waals surface area contributed by atoms with Crippen LogP contribution in [0.5, 0.6) is 0 Å². The highest BCUT2D eigenvalue weighted by molar-refractivity contribution is 6.25. The number of imide groups is 1. The van der Waals surface area contributed by atoms with Crippen LogP contribution in [-0.4, -0.2) is 29.8 Å². The number of carbonyl (C=O) groups is 2. The highest BCUT2D eigenvalue weighted by atomic mass is 16.2. The van der Waals surface area contributed by atoms with Crippen LogP contribution in [0.15, 0.2) is 36.4 Å². The summed E-state index contributed by atoms with van der Waals surface area (Å²) in [6.45, 7) is 1.00. The van der Waals surface area contributed by atoms with Gasteiger partial charge >= 0.3 is 0 Å². The summed E-state index contributed by atoms with van der Waals surface area (Å²) in [4.78, 5) is 26.3. The first kappa shape index (κ1) is 12.8. The summed E-state index contributed by atoms with van der Waals surface area (Å²) >= 11 is 0. The number of hydrogen-bond acceptors (Lipinski definition) is 3. The number of amides is 2. The van der Waals surface area contributed by atoms with Crippen LogP contribution in [0.25, 0.3) is 10.8 Å². The molecule has 1 aliphatic rings. The van der Waals surface area contributed by atoms with Crippen LogP contribution in [0.3, 0.4) is 0 Å². The molecular formula is C16H16N2O2. The number of unbranched alkanes of at least 4 members (excludes halogenated alkanes) is 1. The summed E-state index contributed by atoms with van der Waals surface area (Å²) in [5.74, 6) is -0.396. The van der Waals surface area contributed by atoms with Crippen LogP contribution in [0.1, 0.15) is 33.6 Å². The maximum Gasteiger partial charge on any atom is 0.261 e. The molecule has 0 aliphatic carbocycles. The second-order valence-corrected chi connectivity index (χ2v) is 4.97. The van der Waals surface area contributed by atoms with Crippen molar-refractivity contribution in [3.8, 4) is 0 Å². The molecule has 0 radical (unpaired) electrons. The van der Waals surface area contributed by atoms with E-state index in [9.17, 15) is 9.59 Å². The molecule has 0 saturated heterocycles. The number of benzene rings is 2. The molecule has 0 fully saturated rings. The van der Waals surface area contributed by atoms with Gasteiger partial charge in [0, 0.05) is 23.1 Å².